The smallest absolute Gasteiger partial charge is 0.291 e. The van der Waals surface area contributed by atoms with E-state index in [1.165, 1.54) is 6.26 Å². The van der Waals surface area contributed by atoms with Crippen LogP contribution >= 0.6 is 0 Å². The lowest BCUT2D eigenvalue weighted by molar-refractivity contribution is 0.0746. The average Bonchev–Trinajstić information content (AvgIpc) is 3.27. The van der Waals surface area contributed by atoms with Crippen molar-refractivity contribution in [1.82, 2.24) is 9.88 Å². The SMILES string of the molecule is N#CCCN(Cc1cccnc1)C(=O)c1ccc(NC(=O)c2ccco2)cc1. The zero-order valence-electron chi connectivity index (χ0n) is 15.0. The van der Waals surface area contributed by atoms with Gasteiger partial charge < -0.3 is 14.6 Å². The summed E-state index contributed by atoms with van der Waals surface area (Å²) < 4.78 is 5.05. The third-order valence-electron chi connectivity index (χ3n) is 4.01. The predicted molar refractivity (Wildman–Crippen MR) is 102 cm³/mol. The maximum atomic E-state index is 12.9. The standard InChI is InChI=1S/C21H18N4O3/c22-10-3-12-25(15-16-4-1-11-23-14-16)21(27)17-6-8-18(9-7-17)24-20(26)19-5-2-13-28-19/h1-2,4-9,11,13-14H,3,12,15H2,(H,24,26). The van der Waals surface area contributed by atoms with E-state index in [1.54, 1.807) is 59.8 Å². The molecule has 0 radical (unpaired) electrons. The number of carbonyl (C=O) groups is 2. The van der Waals surface area contributed by atoms with Crippen LogP contribution in [-0.4, -0.2) is 28.2 Å². The van der Waals surface area contributed by atoms with Crippen molar-refractivity contribution in [2.24, 2.45) is 0 Å². The van der Waals surface area contributed by atoms with Crippen LogP contribution in [0.5, 0.6) is 0 Å². The second kappa shape index (κ2) is 9.14. The fraction of sp³-hybridized carbons (Fsp3) is 0.143. The molecular weight excluding hydrogens is 356 g/mol. The minimum Gasteiger partial charge on any atom is -0.459 e. The van der Waals surface area contributed by atoms with E-state index >= 15 is 0 Å². The number of nitriles is 1. The summed E-state index contributed by atoms with van der Waals surface area (Å²) in [6.07, 6.45) is 5.03. The van der Waals surface area contributed by atoms with Gasteiger partial charge in [0.1, 0.15) is 0 Å². The zero-order chi connectivity index (χ0) is 19.8. The maximum Gasteiger partial charge on any atom is 0.291 e. The monoisotopic (exact) mass is 374 g/mol. The Bertz CT molecular complexity index is 961. The van der Waals surface area contributed by atoms with Crippen molar-refractivity contribution in [3.8, 4) is 6.07 Å². The van der Waals surface area contributed by atoms with Crippen LogP contribution in [-0.2, 0) is 6.54 Å². The van der Waals surface area contributed by atoms with E-state index in [-0.39, 0.29) is 24.0 Å². The quantitative estimate of drug-likeness (QED) is 0.682. The Morgan fingerprint density at radius 1 is 1.14 bits per heavy atom. The molecule has 0 unspecified atom stereocenters. The summed E-state index contributed by atoms with van der Waals surface area (Å²) in [4.78, 5) is 30.5. The van der Waals surface area contributed by atoms with Crippen LogP contribution in [0.25, 0.3) is 0 Å². The number of amides is 2. The molecule has 0 bridgehead atoms. The Labute approximate surface area is 162 Å². The number of hydrogen-bond donors (Lipinski definition) is 1. The fourth-order valence-electron chi connectivity index (χ4n) is 2.63. The van der Waals surface area contributed by atoms with Crippen molar-refractivity contribution in [2.45, 2.75) is 13.0 Å². The first kappa shape index (κ1) is 18.9. The van der Waals surface area contributed by atoms with E-state index in [0.717, 1.165) is 5.56 Å². The molecule has 7 nitrogen and oxygen atoms in total. The Hall–Kier alpha value is -3.92. The van der Waals surface area contributed by atoms with Gasteiger partial charge in [0.2, 0.25) is 0 Å². The van der Waals surface area contributed by atoms with Crippen LogP contribution in [0.4, 0.5) is 5.69 Å². The third-order valence-corrected chi connectivity index (χ3v) is 4.01. The highest BCUT2D eigenvalue weighted by Gasteiger charge is 2.16. The minimum absolute atomic E-state index is 0.192. The molecule has 1 N–H and O–H groups in total. The molecule has 0 saturated carbocycles. The van der Waals surface area contributed by atoms with Crippen molar-refractivity contribution in [3.05, 3.63) is 84.1 Å². The van der Waals surface area contributed by atoms with Gasteiger partial charge in [0, 0.05) is 36.7 Å². The van der Waals surface area contributed by atoms with Gasteiger partial charge in [0.15, 0.2) is 5.76 Å². The van der Waals surface area contributed by atoms with Gasteiger partial charge in [-0.2, -0.15) is 5.26 Å². The van der Waals surface area contributed by atoms with Crippen molar-refractivity contribution in [1.29, 1.82) is 5.26 Å². The maximum absolute atomic E-state index is 12.9. The highest BCUT2D eigenvalue weighted by atomic mass is 16.3. The number of carbonyl (C=O) groups excluding carboxylic acids is 2. The largest absolute Gasteiger partial charge is 0.459 e. The summed E-state index contributed by atoms with van der Waals surface area (Å²) in [7, 11) is 0. The molecule has 2 amide bonds. The van der Waals surface area contributed by atoms with Crippen LogP contribution in [0.3, 0.4) is 0 Å². The second-order valence-electron chi connectivity index (χ2n) is 6.00. The molecule has 0 spiro atoms. The number of furan rings is 1. The third kappa shape index (κ3) is 4.83. The van der Waals surface area contributed by atoms with Crippen molar-refractivity contribution in [2.75, 3.05) is 11.9 Å². The van der Waals surface area contributed by atoms with Crippen LogP contribution in [0.15, 0.2) is 71.6 Å². The van der Waals surface area contributed by atoms with Crippen molar-refractivity contribution in [3.63, 3.8) is 0 Å². The lowest BCUT2D eigenvalue weighted by Gasteiger charge is -2.22. The summed E-state index contributed by atoms with van der Waals surface area (Å²) in [5.41, 5.74) is 1.91. The summed E-state index contributed by atoms with van der Waals surface area (Å²) in [6, 6.07) is 15.5. The number of aromatic nitrogens is 1. The average molecular weight is 374 g/mol. The normalized spacial score (nSPS) is 10.1. The first-order valence-electron chi connectivity index (χ1n) is 8.67. The van der Waals surface area contributed by atoms with Gasteiger partial charge in [-0.05, 0) is 48.0 Å². The van der Waals surface area contributed by atoms with E-state index in [2.05, 4.69) is 16.4 Å². The van der Waals surface area contributed by atoms with Gasteiger partial charge in [-0.1, -0.05) is 6.07 Å². The van der Waals surface area contributed by atoms with E-state index < -0.39 is 0 Å². The molecule has 2 aromatic heterocycles. The molecule has 28 heavy (non-hydrogen) atoms. The Morgan fingerprint density at radius 2 is 1.96 bits per heavy atom. The Kier molecular flexibility index (Phi) is 6.16. The topological polar surface area (TPSA) is 99.2 Å². The number of pyridine rings is 1. The van der Waals surface area contributed by atoms with Crippen molar-refractivity contribution >= 4 is 17.5 Å². The second-order valence-corrected chi connectivity index (χ2v) is 6.00. The summed E-state index contributed by atoms with van der Waals surface area (Å²) >= 11 is 0. The number of nitrogens with zero attached hydrogens (tertiary/aromatic N) is 3. The van der Waals surface area contributed by atoms with Gasteiger partial charge in [-0.15, -0.1) is 0 Å². The van der Waals surface area contributed by atoms with Crippen LogP contribution in [0.1, 0.15) is 32.9 Å². The molecule has 2 heterocycles. The highest BCUT2D eigenvalue weighted by Crippen LogP contribution is 2.15. The van der Waals surface area contributed by atoms with Gasteiger partial charge in [0.05, 0.1) is 18.8 Å². The van der Waals surface area contributed by atoms with Crippen LogP contribution in [0, 0.1) is 11.3 Å². The summed E-state index contributed by atoms with van der Waals surface area (Å²) in [5.74, 6) is -0.349. The van der Waals surface area contributed by atoms with Gasteiger partial charge >= 0.3 is 0 Å². The summed E-state index contributed by atoms with van der Waals surface area (Å²) in [6.45, 7) is 0.687. The number of rotatable bonds is 7. The van der Waals surface area contributed by atoms with E-state index in [1.807, 2.05) is 6.07 Å². The predicted octanol–water partition coefficient (Wildman–Crippen LogP) is 3.48. The summed E-state index contributed by atoms with van der Waals surface area (Å²) in [5, 5.41) is 11.6. The Morgan fingerprint density at radius 3 is 2.61 bits per heavy atom. The molecule has 1 aromatic carbocycles. The molecule has 0 atom stereocenters. The zero-order valence-corrected chi connectivity index (χ0v) is 15.0. The number of anilines is 1. The highest BCUT2D eigenvalue weighted by molar-refractivity contribution is 6.02. The lowest BCUT2D eigenvalue weighted by Crippen LogP contribution is -2.31. The molecule has 0 saturated heterocycles. The van der Waals surface area contributed by atoms with Gasteiger partial charge in [-0.3, -0.25) is 14.6 Å². The van der Waals surface area contributed by atoms with Gasteiger partial charge in [-0.25, -0.2) is 0 Å². The molecule has 3 rings (SSSR count). The molecule has 0 aliphatic carbocycles. The minimum atomic E-state index is -0.365. The lowest BCUT2D eigenvalue weighted by atomic mass is 10.1. The molecule has 140 valence electrons. The van der Waals surface area contributed by atoms with Crippen LogP contribution < -0.4 is 5.32 Å². The van der Waals surface area contributed by atoms with E-state index in [4.69, 9.17) is 9.68 Å². The molecule has 0 aliphatic rings. The number of benzene rings is 1. The van der Waals surface area contributed by atoms with E-state index in [0.29, 0.717) is 24.3 Å². The molecule has 0 fully saturated rings. The molecule has 3 aromatic rings. The Balaban J connectivity index is 1.70. The number of hydrogen-bond acceptors (Lipinski definition) is 5. The first-order valence-corrected chi connectivity index (χ1v) is 8.67. The van der Waals surface area contributed by atoms with Crippen LogP contribution in [0.2, 0.25) is 0 Å². The van der Waals surface area contributed by atoms with Gasteiger partial charge in [0.25, 0.3) is 11.8 Å². The molecular formula is C21H18N4O3. The molecule has 7 heteroatoms. The fourth-order valence-corrected chi connectivity index (χ4v) is 2.63. The number of nitrogens with one attached hydrogen (secondary N) is 1. The van der Waals surface area contributed by atoms with E-state index in [9.17, 15) is 9.59 Å². The first-order chi connectivity index (χ1) is 13.7. The van der Waals surface area contributed by atoms with Crippen molar-refractivity contribution < 1.29 is 14.0 Å². The molecule has 0 aliphatic heterocycles.